The van der Waals surface area contributed by atoms with Crippen LogP contribution in [0.3, 0.4) is 0 Å². The van der Waals surface area contributed by atoms with Gasteiger partial charge in [0, 0.05) is 13.2 Å². The molecule has 0 spiro atoms. The monoisotopic (exact) mass is 304 g/mol. The summed E-state index contributed by atoms with van der Waals surface area (Å²) in [5, 5.41) is 6.23. The van der Waals surface area contributed by atoms with Gasteiger partial charge < -0.3 is 20.1 Å². The van der Waals surface area contributed by atoms with Gasteiger partial charge in [0.25, 0.3) is 0 Å². The molecule has 2 unspecified atom stereocenters. The van der Waals surface area contributed by atoms with Gasteiger partial charge in [0.2, 0.25) is 5.91 Å². The Morgan fingerprint density at radius 2 is 2.36 bits per heavy atom. The Kier molecular flexibility index (Phi) is 4.95. The molecule has 5 nitrogen and oxygen atoms in total. The van der Waals surface area contributed by atoms with Crippen molar-refractivity contribution in [3.8, 4) is 5.75 Å². The number of carbonyl (C=O) groups excluding carboxylic acids is 1. The first-order valence-electron chi connectivity index (χ1n) is 8.09. The van der Waals surface area contributed by atoms with Crippen LogP contribution in [0, 0.1) is 12.8 Å². The van der Waals surface area contributed by atoms with Crippen molar-refractivity contribution in [2.45, 2.75) is 32.3 Å². The molecule has 0 saturated carbocycles. The van der Waals surface area contributed by atoms with Crippen molar-refractivity contribution in [3.63, 3.8) is 0 Å². The van der Waals surface area contributed by atoms with E-state index in [1.165, 1.54) is 0 Å². The minimum absolute atomic E-state index is 0.0484. The zero-order chi connectivity index (χ0) is 15.4. The van der Waals surface area contributed by atoms with E-state index in [0.29, 0.717) is 6.61 Å². The molecule has 22 heavy (non-hydrogen) atoms. The number of hydrogen-bond donors (Lipinski definition) is 2. The molecule has 5 heteroatoms. The van der Waals surface area contributed by atoms with Gasteiger partial charge in [-0.25, -0.2) is 0 Å². The Bertz CT molecular complexity index is 521. The predicted molar refractivity (Wildman–Crippen MR) is 85.3 cm³/mol. The quantitative estimate of drug-likeness (QED) is 0.874. The number of carbonyl (C=O) groups is 1. The van der Waals surface area contributed by atoms with Crippen LogP contribution in [0.1, 0.15) is 24.8 Å². The van der Waals surface area contributed by atoms with E-state index in [-0.39, 0.29) is 17.9 Å². The zero-order valence-corrected chi connectivity index (χ0v) is 13.1. The molecule has 0 aliphatic carbocycles. The molecule has 1 aromatic carbocycles. The molecule has 120 valence electrons. The molecule has 2 aliphatic heterocycles. The van der Waals surface area contributed by atoms with Gasteiger partial charge in [-0.2, -0.15) is 0 Å². The average molecular weight is 304 g/mol. The van der Waals surface area contributed by atoms with Crippen LogP contribution in [-0.2, 0) is 9.53 Å². The molecule has 2 atom stereocenters. The first-order valence-corrected chi connectivity index (χ1v) is 8.09. The number of nitrogens with one attached hydrogen (secondary N) is 2. The van der Waals surface area contributed by atoms with E-state index in [4.69, 9.17) is 9.47 Å². The maximum absolute atomic E-state index is 12.3. The van der Waals surface area contributed by atoms with E-state index in [1.807, 2.05) is 25.1 Å². The molecule has 2 N–H and O–H groups in total. The molecule has 3 rings (SSSR count). The molecule has 1 aromatic rings. The van der Waals surface area contributed by atoms with Gasteiger partial charge in [-0.1, -0.05) is 6.07 Å². The van der Waals surface area contributed by atoms with E-state index in [1.54, 1.807) is 0 Å². The largest absolute Gasteiger partial charge is 0.489 e. The van der Waals surface area contributed by atoms with Gasteiger partial charge in [-0.3, -0.25) is 4.79 Å². The topological polar surface area (TPSA) is 59.6 Å². The van der Waals surface area contributed by atoms with Crippen LogP contribution in [0.15, 0.2) is 18.2 Å². The summed E-state index contributed by atoms with van der Waals surface area (Å²) in [5.41, 5.74) is 1.86. The maximum atomic E-state index is 12.3. The molecule has 2 fully saturated rings. The minimum Gasteiger partial charge on any atom is -0.489 e. The lowest BCUT2D eigenvalue weighted by Crippen LogP contribution is -2.25. The molecule has 2 aliphatic rings. The Morgan fingerprint density at radius 3 is 3.09 bits per heavy atom. The number of rotatable bonds is 5. The highest BCUT2D eigenvalue weighted by molar-refractivity contribution is 5.94. The normalized spacial score (nSPS) is 24.4. The second-order valence-electron chi connectivity index (χ2n) is 6.12. The van der Waals surface area contributed by atoms with Crippen LogP contribution in [0.2, 0.25) is 0 Å². The molecule has 0 radical (unpaired) electrons. The molecule has 0 aromatic heterocycles. The number of benzene rings is 1. The summed E-state index contributed by atoms with van der Waals surface area (Å²) >= 11 is 0. The number of ether oxygens (including phenoxy) is 2. The fourth-order valence-electron chi connectivity index (χ4n) is 2.92. The van der Waals surface area contributed by atoms with Crippen molar-refractivity contribution in [3.05, 3.63) is 23.8 Å². The van der Waals surface area contributed by atoms with Crippen LogP contribution < -0.4 is 15.4 Å². The van der Waals surface area contributed by atoms with Crippen LogP contribution in [-0.4, -0.2) is 38.3 Å². The summed E-state index contributed by atoms with van der Waals surface area (Å²) in [5.74, 6) is 0.845. The van der Waals surface area contributed by atoms with Crippen LogP contribution >= 0.6 is 0 Å². The van der Waals surface area contributed by atoms with Gasteiger partial charge in [-0.05, 0) is 50.4 Å². The highest BCUT2D eigenvalue weighted by Crippen LogP contribution is 2.27. The molecule has 1 amide bonds. The number of anilines is 1. The highest BCUT2D eigenvalue weighted by atomic mass is 16.5. The minimum atomic E-state index is 0.0484. The van der Waals surface area contributed by atoms with E-state index in [2.05, 4.69) is 10.6 Å². The highest BCUT2D eigenvalue weighted by Gasteiger charge is 2.23. The van der Waals surface area contributed by atoms with Crippen molar-refractivity contribution in [2.75, 3.05) is 31.6 Å². The lowest BCUT2D eigenvalue weighted by molar-refractivity contribution is -0.119. The summed E-state index contributed by atoms with van der Waals surface area (Å²) in [6.45, 7) is 5.04. The summed E-state index contributed by atoms with van der Waals surface area (Å²) in [6, 6.07) is 5.87. The predicted octanol–water partition coefficient (Wildman–Crippen LogP) is 2.10. The molecular formula is C17H24N2O3. The van der Waals surface area contributed by atoms with Gasteiger partial charge >= 0.3 is 0 Å². The van der Waals surface area contributed by atoms with Crippen LogP contribution in [0.25, 0.3) is 0 Å². The molecule has 0 bridgehead atoms. The lowest BCUT2D eigenvalue weighted by Gasteiger charge is -2.17. The molecule has 2 saturated heterocycles. The van der Waals surface area contributed by atoms with Crippen molar-refractivity contribution < 1.29 is 14.3 Å². The maximum Gasteiger partial charge on any atom is 0.228 e. The zero-order valence-electron chi connectivity index (χ0n) is 13.1. The van der Waals surface area contributed by atoms with Gasteiger partial charge in [0.05, 0.1) is 17.7 Å². The summed E-state index contributed by atoms with van der Waals surface area (Å²) in [7, 11) is 0. The third kappa shape index (κ3) is 3.78. The average Bonchev–Trinajstić information content (AvgIpc) is 3.20. The van der Waals surface area contributed by atoms with Crippen molar-refractivity contribution in [2.24, 2.45) is 5.92 Å². The van der Waals surface area contributed by atoms with Crippen molar-refractivity contribution >= 4 is 11.6 Å². The van der Waals surface area contributed by atoms with E-state index >= 15 is 0 Å². The third-order valence-electron chi connectivity index (χ3n) is 4.27. The molecule has 2 heterocycles. The van der Waals surface area contributed by atoms with Gasteiger partial charge in [0.15, 0.2) is 0 Å². The second kappa shape index (κ2) is 7.11. The standard InChI is InChI=1S/C17H24N2O3/c1-12-4-5-15(19-17(20)13-6-7-18-10-13)16(9-12)22-11-14-3-2-8-21-14/h4-5,9,13-14,18H,2-3,6-8,10-11H2,1H3,(H,19,20). The van der Waals surface area contributed by atoms with Gasteiger partial charge in [0.1, 0.15) is 12.4 Å². The smallest absolute Gasteiger partial charge is 0.228 e. The summed E-state index contributed by atoms with van der Waals surface area (Å²) in [4.78, 5) is 12.3. The fourth-order valence-corrected chi connectivity index (χ4v) is 2.92. The molecular weight excluding hydrogens is 280 g/mol. The summed E-state index contributed by atoms with van der Waals surface area (Å²) in [6.07, 6.45) is 3.20. The number of hydrogen-bond acceptors (Lipinski definition) is 4. The third-order valence-corrected chi connectivity index (χ3v) is 4.27. The fraction of sp³-hybridized carbons (Fsp3) is 0.588. The Balaban J connectivity index is 1.65. The van der Waals surface area contributed by atoms with Crippen LogP contribution in [0.5, 0.6) is 5.75 Å². The van der Waals surface area contributed by atoms with Crippen molar-refractivity contribution in [1.29, 1.82) is 0 Å². The lowest BCUT2D eigenvalue weighted by atomic mass is 10.1. The van der Waals surface area contributed by atoms with Crippen LogP contribution in [0.4, 0.5) is 5.69 Å². The van der Waals surface area contributed by atoms with Gasteiger partial charge in [-0.15, -0.1) is 0 Å². The Hall–Kier alpha value is -1.59. The second-order valence-corrected chi connectivity index (χ2v) is 6.12. The Labute approximate surface area is 131 Å². The Morgan fingerprint density at radius 1 is 1.45 bits per heavy atom. The first-order chi connectivity index (χ1) is 10.7. The first kappa shape index (κ1) is 15.3. The van der Waals surface area contributed by atoms with Crippen molar-refractivity contribution in [1.82, 2.24) is 5.32 Å². The summed E-state index contributed by atoms with van der Waals surface area (Å²) < 4.78 is 11.5. The number of amides is 1. The SMILES string of the molecule is Cc1ccc(NC(=O)C2CCNC2)c(OCC2CCCO2)c1. The van der Waals surface area contributed by atoms with E-state index in [9.17, 15) is 4.79 Å². The van der Waals surface area contributed by atoms with E-state index in [0.717, 1.165) is 56.0 Å². The number of aryl methyl sites for hydroxylation is 1. The van der Waals surface area contributed by atoms with E-state index < -0.39 is 0 Å².